The predicted molar refractivity (Wildman–Crippen MR) is 361 cm³/mol. The van der Waals surface area contributed by atoms with Crippen molar-refractivity contribution in [3.05, 3.63) is 187 Å². The molecule has 5 N–H and O–H groups in total. The molecule has 4 atom stereocenters. The first-order valence-electron chi connectivity index (χ1n) is 32.1. The zero-order valence-electron chi connectivity index (χ0n) is 56.1. The van der Waals surface area contributed by atoms with Crippen molar-refractivity contribution in [3.8, 4) is 0 Å². The highest BCUT2D eigenvalue weighted by molar-refractivity contribution is 7.00. The summed E-state index contributed by atoms with van der Waals surface area (Å²) in [7, 11) is -4.79. The van der Waals surface area contributed by atoms with E-state index in [-0.39, 0.29) is 108 Å². The highest BCUT2D eigenvalue weighted by Crippen LogP contribution is 2.44. The maximum Gasteiger partial charge on any atom is 0.416 e. The van der Waals surface area contributed by atoms with Crippen molar-refractivity contribution in [1.82, 2.24) is 5.32 Å². The van der Waals surface area contributed by atoms with Crippen LogP contribution in [-0.4, -0.2) is 151 Å². The van der Waals surface area contributed by atoms with Crippen LogP contribution in [0, 0.1) is 0 Å². The van der Waals surface area contributed by atoms with Crippen LogP contribution in [0.2, 0.25) is 10.1 Å². The van der Waals surface area contributed by atoms with Crippen LogP contribution in [0.5, 0.6) is 0 Å². The van der Waals surface area contributed by atoms with Crippen molar-refractivity contribution < 1.29 is 100 Å². The van der Waals surface area contributed by atoms with Crippen molar-refractivity contribution in [3.63, 3.8) is 0 Å². The van der Waals surface area contributed by atoms with Crippen LogP contribution in [-0.2, 0) is 44.9 Å². The first kappa shape index (κ1) is 76.2. The van der Waals surface area contributed by atoms with E-state index in [1.165, 1.54) is 4.90 Å². The molecule has 17 nitrogen and oxygen atoms in total. The number of carbonyl (C=O) groups is 2. The topological polar surface area (TPSA) is 215 Å². The number of benzene rings is 6. The zero-order valence-corrected chi connectivity index (χ0v) is 58.1. The van der Waals surface area contributed by atoms with Gasteiger partial charge in [0.25, 0.3) is 34.4 Å². The van der Waals surface area contributed by atoms with E-state index >= 15 is 17.6 Å². The van der Waals surface area contributed by atoms with E-state index in [0.29, 0.717) is 0 Å². The summed E-state index contributed by atoms with van der Waals surface area (Å²) < 4.78 is 198. The number of nitrogens with zero attached hydrogens (tertiary/aromatic N) is 3. The molecule has 0 aliphatic carbocycles. The lowest BCUT2D eigenvalue weighted by Crippen LogP contribution is -2.67. The molecule has 0 radical (unpaired) electrons. The Bertz CT molecular complexity index is 3970. The normalized spacial score (nSPS) is 18.2. The van der Waals surface area contributed by atoms with Gasteiger partial charge in [-0.25, -0.2) is 22.4 Å². The van der Waals surface area contributed by atoms with Crippen molar-refractivity contribution in [2.45, 2.75) is 100 Å². The van der Waals surface area contributed by atoms with E-state index in [9.17, 15) is 35.9 Å². The molecule has 0 spiro atoms. The van der Waals surface area contributed by atoms with E-state index in [0.717, 1.165) is 69.2 Å². The largest absolute Gasteiger partial charge is 0.693 e. The lowest BCUT2D eigenvalue weighted by Gasteiger charge is -2.44. The molecule has 11 rings (SSSR count). The van der Waals surface area contributed by atoms with Crippen molar-refractivity contribution in [1.29, 1.82) is 0 Å². The molecule has 2 saturated heterocycles. The van der Waals surface area contributed by atoms with Crippen molar-refractivity contribution in [2.75, 3.05) is 95.8 Å². The maximum absolute atomic E-state index is 16.1. The number of esters is 1. The Morgan fingerprint density at radius 3 is 1.43 bits per heavy atom. The Labute approximate surface area is 573 Å². The van der Waals surface area contributed by atoms with Crippen LogP contribution in [0.25, 0.3) is 28.1 Å². The molecule has 5 heterocycles. The number of fused-ring (bicyclic) bond motifs is 4. The van der Waals surface area contributed by atoms with Gasteiger partial charge < -0.3 is 62.6 Å². The molecular weight excluding hydrogens is 1360 g/mol. The van der Waals surface area contributed by atoms with E-state index in [2.05, 4.69) is 76.2 Å². The van der Waals surface area contributed by atoms with Crippen LogP contribution in [0.3, 0.4) is 0 Å². The van der Waals surface area contributed by atoms with Crippen molar-refractivity contribution in [2.24, 2.45) is 5.11 Å². The van der Waals surface area contributed by atoms with Gasteiger partial charge in [0.2, 0.25) is 11.5 Å². The van der Waals surface area contributed by atoms with Gasteiger partial charge in [0.15, 0.2) is 0 Å². The average molecular weight is 1440 g/mol. The number of hydrogen-bond acceptors (Lipinski definition) is 14. The number of halogens is 10. The number of alkyl halides is 10. The van der Waals surface area contributed by atoms with E-state index in [1.54, 1.807) is 0 Å². The molecule has 2 aromatic heterocycles. The predicted octanol–water partition coefficient (Wildman–Crippen LogP) is 12.0. The highest BCUT2D eigenvalue weighted by Gasteiger charge is 2.54. The van der Waals surface area contributed by atoms with Gasteiger partial charge in [-0.1, -0.05) is 163 Å². The van der Waals surface area contributed by atoms with Crippen LogP contribution in [0.1, 0.15) is 73.8 Å². The van der Waals surface area contributed by atoms with Gasteiger partial charge in [-0.05, 0) is 72.3 Å². The number of amides is 1. The summed E-state index contributed by atoms with van der Waals surface area (Å²) in [5.41, 5.74) is 2.73. The Kier molecular flexibility index (Phi) is 23.4. The van der Waals surface area contributed by atoms with Crippen LogP contribution in [0.15, 0.2) is 172 Å². The summed E-state index contributed by atoms with van der Waals surface area (Å²) in [6, 6.07) is 45.2. The molecule has 1 amide bonds. The number of carbonyl (C=O) groups excluding carboxylic acids is 2. The molecule has 6 aromatic carbocycles. The summed E-state index contributed by atoms with van der Waals surface area (Å²) in [4.78, 5) is 27.6. The van der Waals surface area contributed by atoms with Crippen LogP contribution < -0.4 is 41.4 Å². The second-order valence-corrected chi connectivity index (χ2v) is 35.1. The fourth-order valence-corrected chi connectivity index (χ4v) is 22.3. The molecule has 3 aliphatic rings. The van der Waals surface area contributed by atoms with E-state index < -0.39 is 120 Å². The van der Waals surface area contributed by atoms with Gasteiger partial charge in [-0.15, -0.1) is 0 Å². The summed E-state index contributed by atoms with van der Waals surface area (Å²) in [6.45, 7) is 9.12. The fourth-order valence-electron chi connectivity index (χ4n) is 13.1. The second kappa shape index (κ2) is 30.7. The Hall–Kier alpha value is -8.01. The third-order valence-electron chi connectivity index (χ3n) is 17.8. The summed E-state index contributed by atoms with van der Waals surface area (Å²) in [5.74, 6) is -9.74. The number of nitrogens with two attached hydrogens (primary N) is 2. The second-order valence-electron chi connectivity index (χ2n) is 26.5. The fraction of sp³-hybridized carbons (Fsp3) is 0.408. The number of nitrogens with one attached hydrogen (secondary N) is 1. The zero-order chi connectivity index (χ0) is 71.3. The van der Waals surface area contributed by atoms with E-state index in [4.69, 9.17) is 46.9 Å². The molecule has 100 heavy (non-hydrogen) atoms. The van der Waals surface area contributed by atoms with Crippen molar-refractivity contribution >= 4 is 82.6 Å². The van der Waals surface area contributed by atoms with E-state index in [1.807, 2.05) is 97.1 Å². The Balaban J connectivity index is 0.000000231. The van der Waals surface area contributed by atoms with Gasteiger partial charge in [-0.2, -0.15) is 31.9 Å². The third-order valence-corrected chi connectivity index (χ3v) is 27.8. The maximum atomic E-state index is 16.1. The standard InChI is InChI=1S/C36H40F5N3O6Si.C35H37F5N2O5Si.H2N/c1-34(2,3)51(26-11-7-5-8-12-26,27-13-9-6-10-14-27)49-21-25-20-48-30(22-47-25)35(37,38)23-44(18-17-43-42)31-28-19-24(36(39,40)41)15-16-29(28)50-32(31)33(45)46-4;1-33(2,3)48(25-10-6-4-7-11-25,26-12-8-5-9-13-26)46-20-24-19-45-29(21-44-24)34(36,37)22-42-17-16-41-32(43)31-30(42)27-18-23(35(38,39)40)14-15-28(27)47-31;/h5-16,19,25,30,42H,17-18,20-23H2,1-4H3;4-15,18,24,29H,16-17,19-22H2,1-3H3,(H,41,43);1H2/q;;-1/p+1. The number of ether oxygens (including phenoxy) is 5. The first-order chi connectivity index (χ1) is 46.8. The summed E-state index contributed by atoms with van der Waals surface area (Å²) >= 11 is 0. The molecule has 8 aromatic rings. The number of methoxy groups -OCH3 is 1. The van der Waals surface area contributed by atoms with Gasteiger partial charge in [0.05, 0.1) is 82.3 Å². The summed E-state index contributed by atoms with van der Waals surface area (Å²) in [6.07, 6.45) is -14.1. The number of rotatable bonds is 21. The van der Waals surface area contributed by atoms with Crippen LogP contribution in [0.4, 0.5) is 55.3 Å². The molecule has 29 heteroatoms. The molecule has 0 bridgehead atoms. The smallest absolute Gasteiger partial charge is 0.416 e. The molecule has 538 valence electrons. The number of furan rings is 2. The minimum Gasteiger partial charge on any atom is -0.693 e. The lowest BCUT2D eigenvalue weighted by molar-refractivity contribution is -0.222. The first-order valence-corrected chi connectivity index (χ1v) is 35.9. The minimum absolute atomic E-state index is 0. The van der Waals surface area contributed by atoms with Gasteiger partial charge >= 0.3 is 18.3 Å². The van der Waals surface area contributed by atoms with Gasteiger partial charge in [0.1, 0.15) is 42.1 Å². The van der Waals surface area contributed by atoms with Gasteiger partial charge in [0, 0.05) is 30.4 Å². The van der Waals surface area contributed by atoms with Crippen LogP contribution >= 0.6 is 0 Å². The SMILES string of the molecule is CC(C)(C)[Si](OCC1COC(C(F)(F)CN2CCNC(=O)c3oc4ccc(C(F)(F)F)cc4c32)CO1)(c1ccccc1)c1ccccc1.COC(=O)c1oc2ccc(C(F)(F)F)cc2c1N(CCN=[NH2+])CC(F)(F)C1COC(CO[Si](c2ccccc2)(c2ccccc2)C(C)(C)C)CO1.[NH2-]. The highest BCUT2D eigenvalue weighted by atomic mass is 28.4. The molecule has 4 unspecified atom stereocenters. The number of anilines is 2. The third kappa shape index (κ3) is 16.2. The molecule has 0 saturated carbocycles. The lowest BCUT2D eigenvalue weighted by atomic mass is 10.1. The monoisotopic (exact) mass is 1440 g/mol. The average Bonchev–Trinajstić information content (AvgIpc) is 0.813. The Morgan fingerprint density at radius 2 is 1.03 bits per heavy atom. The molecule has 2 fully saturated rings. The quantitative estimate of drug-likeness (QED) is 0.0297. The molecular formula is C71H80F10N6O11Si2. The minimum atomic E-state index is -4.75. The molecule has 3 aliphatic heterocycles. The Morgan fingerprint density at radius 1 is 0.600 bits per heavy atom. The van der Waals surface area contributed by atoms with Gasteiger partial charge in [-0.3, -0.25) is 4.79 Å². The number of hydrogen-bond donors (Lipinski definition) is 2. The summed E-state index contributed by atoms with van der Waals surface area (Å²) in [5, 5.41) is 9.40.